The maximum atomic E-state index is 14.9. The van der Waals surface area contributed by atoms with Gasteiger partial charge in [-0.2, -0.15) is 34.8 Å². The molecule has 0 aromatic carbocycles. The Labute approximate surface area is 468 Å². The van der Waals surface area contributed by atoms with Gasteiger partial charge in [-0.1, -0.05) is 13.3 Å². The van der Waals surface area contributed by atoms with Gasteiger partial charge in [-0.05, 0) is 260 Å². The maximum absolute atomic E-state index is 14.9. The molecular weight excluding hydrogens is 1050 g/mol. The highest BCUT2D eigenvalue weighted by molar-refractivity contribution is 7.86. The van der Waals surface area contributed by atoms with Crippen LogP contribution >= 0.6 is 0 Å². The van der Waals surface area contributed by atoms with Crippen molar-refractivity contribution in [1.82, 2.24) is 0 Å². The Balaban J connectivity index is 0.680. The molecule has 3 atom stereocenters. The van der Waals surface area contributed by atoms with Crippen LogP contribution in [0.25, 0.3) is 0 Å². The number of hydrogen-bond acceptors (Lipinski definition) is 9. The summed E-state index contributed by atoms with van der Waals surface area (Å²) in [5.41, 5.74) is -3.54. The van der Waals surface area contributed by atoms with Gasteiger partial charge in [-0.15, -0.1) is 0 Å². The van der Waals surface area contributed by atoms with Crippen LogP contribution in [0, 0.1) is 64.1 Å². The number of ketones is 2. The largest absolute Gasteiger partial charge is 0.403 e. The molecule has 79 heavy (non-hydrogen) atoms. The Morgan fingerprint density at radius 2 is 0.696 bits per heavy atom. The highest BCUT2D eigenvalue weighted by Crippen LogP contribution is 2.65. The molecule has 0 bridgehead atoms. The summed E-state index contributed by atoms with van der Waals surface area (Å²) in [5.74, 6) is -1.12. The summed E-state index contributed by atoms with van der Waals surface area (Å²) < 4.78 is 148. The molecule has 3 unspecified atom stereocenters. The first-order valence-electron chi connectivity index (χ1n) is 31.9. The molecule has 9 rings (SSSR count). The Hall–Kier alpha value is -1.37. The molecule has 9 aliphatic rings. The van der Waals surface area contributed by atoms with Crippen LogP contribution in [-0.4, -0.2) is 103 Å². The summed E-state index contributed by atoms with van der Waals surface area (Å²) >= 11 is 0. The van der Waals surface area contributed by atoms with Crippen LogP contribution in [0.15, 0.2) is 0 Å². The number of carbonyl (C=O) groups is 2. The third-order valence-corrected chi connectivity index (χ3v) is 24.7. The molecule has 2 N–H and O–H groups in total. The minimum atomic E-state index is -5.41. The third kappa shape index (κ3) is 14.3. The molecular formula is C62H98F6O10S. The van der Waals surface area contributed by atoms with Gasteiger partial charge in [-0.25, -0.2) is 0 Å². The Bertz CT molecular complexity index is 2030. The van der Waals surface area contributed by atoms with Crippen LogP contribution in [0.3, 0.4) is 0 Å². The predicted molar refractivity (Wildman–Crippen MR) is 288 cm³/mol. The van der Waals surface area contributed by atoms with Gasteiger partial charge < -0.3 is 24.1 Å². The summed E-state index contributed by atoms with van der Waals surface area (Å²) in [6.45, 7) is 2.59. The zero-order valence-corrected chi connectivity index (χ0v) is 48.5. The molecule has 10 nitrogen and oxygen atoms in total. The van der Waals surface area contributed by atoms with Crippen LogP contribution in [0.1, 0.15) is 238 Å². The van der Waals surface area contributed by atoms with Crippen LogP contribution in [0.2, 0.25) is 0 Å². The van der Waals surface area contributed by atoms with E-state index in [1.54, 1.807) is 0 Å². The summed E-state index contributed by atoms with van der Waals surface area (Å²) in [4.78, 5) is 27.4. The Kier molecular flexibility index (Phi) is 20.8. The van der Waals surface area contributed by atoms with Gasteiger partial charge in [0.05, 0.1) is 54.1 Å². The molecule has 0 amide bonds. The van der Waals surface area contributed by atoms with Gasteiger partial charge in [0.2, 0.25) is 0 Å². The second-order valence-electron chi connectivity index (χ2n) is 27.5. The van der Waals surface area contributed by atoms with Gasteiger partial charge in [0.15, 0.2) is 5.41 Å². The van der Waals surface area contributed by atoms with Crippen molar-refractivity contribution in [3.63, 3.8) is 0 Å². The van der Waals surface area contributed by atoms with Crippen molar-refractivity contribution >= 4 is 21.7 Å². The van der Waals surface area contributed by atoms with E-state index in [1.165, 1.54) is 7.11 Å². The lowest BCUT2D eigenvalue weighted by Crippen LogP contribution is -2.61. The summed E-state index contributed by atoms with van der Waals surface area (Å²) in [7, 11) is -2.68. The Morgan fingerprint density at radius 3 is 1.01 bits per heavy atom. The minimum absolute atomic E-state index is 0.0146. The summed E-state index contributed by atoms with van der Waals surface area (Å²) in [6, 6.07) is 0. The fraction of sp³-hybridized carbons (Fsp3) is 0.968. The van der Waals surface area contributed by atoms with Crippen LogP contribution in [0.4, 0.5) is 26.3 Å². The normalized spacial score (nSPS) is 40.7. The number of halogens is 6. The van der Waals surface area contributed by atoms with E-state index < -0.39 is 45.0 Å². The number of alkyl halides is 6. The van der Waals surface area contributed by atoms with E-state index in [2.05, 4.69) is 6.92 Å². The highest BCUT2D eigenvalue weighted by Gasteiger charge is 2.76. The maximum Gasteiger partial charge on any atom is 0.403 e. The lowest BCUT2D eigenvalue weighted by Gasteiger charge is -2.54. The number of ether oxygens (including phenoxy) is 4. The molecule has 0 aromatic heterocycles. The zero-order valence-electron chi connectivity index (χ0n) is 47.7. The number of Topliss-reactive ketones (excluding diaryl/α,β-unsaturated/α-hetero) is 2. The summed E-state index contributed by atoms with van der Waals surface area (Å²) in [6.07, 6.45) is 13.1. The van der Waals surface area contributed by atoms with Gasteiger partial charge in [0, 0.05) is 30.8 Å². The highest BCUT2D eigenvalue weighted by atomic mass is 32.2. The molecule has 0 spiro atoms. The van der Waals surface area contributed by atoms with Crippen LogP contribution < -0.4 is 0 Å². The fourth-order valence-electron chi connectivity index (χ4n) is 18.8. The van der Waals surface area contributed by atoms with Gasteiger partial charge in [0.1, 0.15) is 11.6 Å². The first-order valence-corrected chi connectivity index (χ1v) is 33.4. The van der Waals surface area contributed by atoms with E-state index in [0.717, 1.165) is 128 Å². The fourth-order valence-corrected chi connectivity index (χ4v) is 19.7. The number of hydrogen-bond donors (Lipinski definition) is 2. The van der Waals surface area contributed by atoms with Gasteiger partial charge >= 0.3 is 12.4 Å². The van der Waals surface area contributed by atoms with Crippen LogP contribution in [-0.2, 0) is 38.7 Å². The molecule has 0 radical (unpaired) electrons. The van der Waals surface area contributed by atoms with Crippen LogP contribution in [0.5, 0.6) is 0 Å². The van der Waals surface area contributed by atoms with Crippen molar-refractivity contribution in [1.29, 1.82) is 0 Å². The zero-order chi connectivity index (χ0) is 56.3. The van der Waals surface area contributed by atoms with E-state index in [1.807, 2.05) is 0 Å². The van der Waals surface area contributed by atoms with Crippen molar-refractivity contribution in [2.45, 2.75) is 305 Å². The van der Waals surface area contributed by atoms with Crippen molar-refractivity contribution in [3.8, 4) is 0 Å². The van der Waals surface area contributed by atoms with E-state index in [9.17, 15) is 54.0 Å². The summed E-state index contributed by atoms with van der Waals surface area (Å²) in [5, 5.41) is 9.74. The predicted octanol–water partition coefficient (Wildman–Crippen LogP) is 14.8. The topological polar surface area (TPSA) is 146 Å². The third-order valence-electron chi connectivity index (χ3n) is 23.4. The Morgan fingerprint density at radius 1 is 0.405 bits per heavy atom. The molecule has 0 saturated heterocycles. The number of aliphatic hydroxyl groups is 1. The number of carbonyl (C=O) groups excluding carboxylic acids is 2. The number of rotatable bonds is 17. The second kappa shape index (κ2) is 26.5. The van der Waals surface area contributed by atoms with Crippen molar-refractivity contribution in [2.75, 3.05) is 7.11 Å². The molecule has 17 heteroatoms. The second-order valence-corrected chi connectivity index (χ2v) is 29.2. The molecule has 454 valence electrons. The molecule has 0 aliphatic heterocycles. The van der Waals surface area contributed by atoms with Gasteiger partial charge in [0.25, 0.3) is 10.1 Å². The van der Waals surface area contributed by atoms with Gasteiger partial charge in [-0.3, -0.25) is 14.1 Å². The average molecular weight is 1150 g/mol. The lowest BCUT2D eigenvalue weighted by molar-refractivity contribution is -0.383. The molecule has 0 heterocycles. The standard InChI is InChI=1S/C62H98F6O10S/c1-59(43-12-22-48(69)23-13-43,45-16-34-54(35-17-45)77-52-28-10-41(11-29-52)58(71)42-4-3-5-56(38-42)79(72,73)74)44-14-32-53(33-15-44)76-50-24-6-39(7-25-50)57(70)40-8-26-51(27-9-40)78-55-36-20-47(21-37-55)60(61(63,64)65,62(66,67)68)46-18-30-49(75-2)31-19-46/h39-56,69H,3-38H2,1-2H3,(H,72,73,74). The first-order chi connectivity index (χ1) is 37.6. The first kappa shape index (κ1) is 62.2. The molecule has 9 aliphatic carbocycles. The van der Waals surface area contributed by atoms with Crippen molar-refractivity contribution < 1.29 is 73.0 Å². The van der Waals surface area contributed by atoms with E-state index in [4.69, 9.17) is 18.9 Å². The molecule has 9 fully saturated rings. The van der Waals surface area contributed by atoms with E-state index in [-0.39, 0.29) is 141 Å². The lowest BCUT2D eigenvalue weighted by atomic mass is 9.52. The number of aliphatic hydroxyl groups excluding tert-OH is 1. The minimum Gasteiger partial charge on any atom is -0.393 e. The smallest absolute Gasteiger partial charge is 0.393 e. The quantitative estimate of drug-likeness (QED) is 0.107. The van der Waals surface area contributed by atoms with Crippen molar-refractivity contribution in [2.24, 2.45) is 64.1 Å². The van der Waals surface area contributed by atoms with E-state index >= 15 is 0 Å². The number of methoxy groups -OCH3 is 1. The average Bonchev–Trinajstić information content (AvgIpc) is 3.64. The monoisotopic (exact) mass is 1150 g/mol. The molecule has 0 aromatic rings. The van der Waals surface area contributed by atoms with Crippen molar-refractivity contribution in [3.05, 3.63) is 0 Å². The molecule has 9 saturated carbocycles. The SMILES string of the molecule is COC1CCC(C(C2CCC(OC3CCC(C(=O)C4CCC(OC5CCC(C(C)(C6CCC(O)CC6)C6CCC(OC7CCC(C(=O)C8CCCC(S(=O)(=O)O)C8)CC7)CC6)CC5)CC4)CC3)CC2)(C(F)(F)F)C(F)(F)F)CC1. The van der Waals surface area contributed by atoms with E-state index in [0.29, 0.717) is 68.5 Å².